The van der Waals surface area contributed by atoms with Gasteiger partial charge in [-0.15, -0.1) is 0 Å². The molecule has 0 aliphatic carbocycles. The average molecular weight is 1110 g/mol. The van der Waals surface area contributed by atoms with Crippen molar-refractivity contribution in [2.45, 2.75) is 281 Å². The van der Waals surface area contributed by atoms with E-state index in [1.807, 2.05) is 0 Å². The van der Waals surface area contributed by atoms with Crippen LogP contribution < -0.4 is 5.32 Å². The molecule has 9 nitrogen and oxygen atoms in total. The van der Waals surface area contributed by atoms with Crippen LogP contribution >= 0.6 is 0 Å². The lowest BCUT2D eigenvalue weighted by Crippen LogP contribution is -2.60. The van der Waals surface area contributed by atoms with Crippen molar-refractivity contribution in [1.29, 1.82) is 0 Å². The molecule has 1 saturated heterocycles. The minimum atomic E-state index is -1.57. The van der Waals surface area contributed by atoms with E-state index in [9.17, 15) is 30.3 Å². The summed E-state index contributed by atoms with van der Waals surface area (Å²) in [5.74, 6) is -0.191. The average Bonchev–Trinajstić information content (AvgIpc) is 3.46. The summed E-state index contributed by atoms with van der Waals surface area (Å²) in [4.78, 5) is 13.1. The van der Waals surface area contributed by atoms with E-state index in [0.717, 1.165) is 109 Å². The van der Waals surface area contributed by atoms with Crippen molar-refractivity contribution >= 4 is 5.91 Å². The Bertz CT molecular complexity index is 1770. The molecule has 1 fully saturated rings. The van der Waals surface area contributed by atoms with E-state index in [0.29, 0.717) is 19.3 Å². The Labute approximate surface area is 489 Å². The van der Waals surface area contributed by atoms with E-state index < -0.39 is 49.5 Å². The Morgan fingerprint density at radius 1 is 0.438 bits per heavy atom. The second kappa shape index (κ2) is 58.3. The van der Waals surface area contributed by atoms with Gasteiger partial charge in [0.2, 0.25) is 5.91 Å². The number of allylic oxidation sites excluding steroid dienone is 24. The van der Waals surface area contributed by atoms with Crippen molar-refractivity contribution in [3.63, 3.8) is 0 Å². The van der Waals surface area contributed by atoms with E-state index in [4.69, 9.17) is 9.47 Å². The Hall–Kier alpha value is -3.93. The van der Waals surface area contributed by atoms with Crippen LogP contribution in [0.2, 0.25) is 0 Å². The summed E-state index contributed by atoms with van der Waals surface area (Å²) in [6.07, 6.45) is 83.1. The van der Waals surface area contributed by atoms with E-state index in [-0.39, 0.29) is 12.5 Å². The van der Waals surface area contributed by atoms with Crippen LogP contribution in [0.25, 0.3) is 0 Å². The van der Waals surface area contributed by atoms with Crippen LogP contribution in [-0.4, -0.2) is 87.5 Å². The van der Waals surface area contributed by atoms with Gasteiger partial charge in [0.05, 0.1) is 25.4 Å². The highest BCUT2D eigenvalue weighted by Gasteiger charge is 2.44. The van der Waals surface area contributed by atoms with Crippen LogP contribution in [0.1, 0.15) is 239 Å². The van der Waals surface area contributed by atoms with Crippen LogP contribution in [0.5, 0.6) is 0 Å². The fourth-order valence-electron chi connectivity index (χ4n) is 9.20. The van der Waals surface area contributed by atoms with Crippen molar-refractivity contribution in [1.82, 2.24) is 5.32 Å². The lowest BCUT2D eigenvalue weighted by atomic mass is 9.99. The number of rotatable bonds is 53. The third-order valence-electron chi connectivity index (χ3n) is 14.2. The van der Waals surface area contributed by atoms with Crippen molar-refractivity contribution in [3.8, 4) is 0 Å². The largest absolute Gasteiger partial charge is 0.394 e. The molecule has 9 heteroatoms. The highest BCUT2D eigenvalue weighted by atomic mass is 16.7. The molecule has 0 aromatic rings. The van der Waals surface area contributed by atoms with Gasteiger partial charge >= 0.3 is 0 Å². The van der Waals surface area contributed by atoms with Crippen molar-refractivity contribution in [2.75, 3.05) is 13.2 Å². The second-order valence-electron chi connectivity index (χ2n) is 21.5. The van der Waals surface area contributed by atoms with Crippen molar-refractivity contribution in [3.05, 3.63) is 146 Å². The molecule has 0 bridgehead atoms. The normalized spacial score (nSPS) is 19.5. The maximum atomic E-state index is 13.1. The summed E-state index contributed by atoms with van der Waals surface area (Å²) >= 11 is 0. The van der Waals surface area contributed by atoms with Crippen LogP contribution in [-0.2, 0) is 14.3 Å². The molecule has 80 heavy (non-hydrogen) atoms. The summed E-state index contributed by atoms with van der Waals surface area (Å²) in [5, 5.41) is 54.7. The summed E-state index contributed by atoms with van der Waals surface area (Å²) in [6, 6.07) is -0.754. The molecule has 7 unspecified atom stereocenters. The molecular formula is C71H117NO8. The van der Waals surface area contributed by atoms with Crippen molar-refractivity contribution < 1.29 is 39.8 Å². The molecule has 0 aromatic heterocycles. The number of aliphatic hydroxyl groups is 5. The van der Waals surface area contributed by atoms with E-state index in [2.05, 4.69) is 165 Å². The monoisotopic (exact) mass is 1110 g/mol. The molecule has 1 rings (SSSR count). The van der Waals surface area contributed by atoms with E-state index in [1.54, 1.807) is 0 Å². The van der Waals surface area contributed by atoms with Crippen molar-refractivity contribution in [2.24, 2.45) is 0 Å². The Kier molecular flexibility index (Phi) is 54.0. The number of amides is 1. The van der Waals surface area contributed by atoms with Gasteiger partial charge in [0, 0.05) is 6.42 Å². The first kappa shape index (κ1) is 74.1. The first-order chi connectivity index (χ1) is 39.3. The van der Waals surface area contributed by atoms with Gasteiger partial charge in [-0.25, -0.2) is 0 Å². The van der Waals surface area contributed by atoms with Crippen LogP contribution in [0, 0.1) is 0 Å². The standard InChI is InChI=1S/C71H117NO8/c1-3-5-7-9-11-13-15-17-19-21-23-24-25-26-27-28-29-30-31-32-33-34-35-36-37-38-39-40-41-42-43-45-47-49-51-53-55-57-59-61-67(75)72-64(63-79-71-70(78)69(77)68(76)66(62-73)80-71)65(74)60-58-56-54-52-50-48-46-44-22-20-18-16-14-12-10-8-6-4-2/h5,7,11,13,17,19,23-24,26-27,29-30,32-33,35-36,38-39,41-42,45,47,51,53,64-66,68-71,73-74,76-78H,3-4,6,8-10,12,14-16,18,20-22,25,28,31,34,37,40,43-44,46,48-50,52,54-63H2,1-2H3,(H,72,75)/b7-5-,13-11-,19-17-,24-23-,27-26-,30-29-,33-32-,36-35-,39-38-,42-41-,47-45-,53-51-. The SMILES string of the molecule is CC/C=C\C/C=C\C/C=C\C/C=C\C/C=C\C/C=C\C/C=C\C/C=C\C/C=C\C/C=C\C/C=C\C/C=C\CCCCC(=O)NC(COC1OC(CO)C(O)C(O)C1O)C(O)CCCCCCCCCCCCCCCCCCCC. The zero-order valence-corrected chi connectivity index (χ0v) is 50.5. The Morgan fingerprint density at radius 2 is 0.775 bits per heavy atom. The van der Waals surface area contributed by atoms with Crippen LogP contribution in [0.3, 0.4) is 0 Å². The Balaban J connectivity index is 2.22. The summed E-state index contributed by atoms with van der Waals surface area (Å²) < 4.78 is 11.3. The first-order valence-electron chi connectivity index (χ1n) is 32.0. The minimum Gasteiger partial charge on any atom is -0.394 e. The highest BCUT2D eigenvalue weighted by molar-refractivity contribution is 5.76. The lowest BCUT2D eigenvalue weighted by Gasteiger charge is -2.40. The van der Waals surface area contributed by atoms with Gasteiger partial charge in [0.25, 0.3) is 0 Å². The highest BCUT2D eigenvalue weighted by Crippen LogP contribution is 2.23. The molecule has 0 spiro atoms. The topological polar surface area (TPSA) is 149 Å². The molecule has 6 N–H and O–H groups in total. The molecule has 0 saturated carbocycles. The van der Waals surface area contributed by atoms with Gasteiger partial charge in [0.1, 0.15) is 24.4 Å². The zero-order chi connectivity index (χ0) is 57.9. The van der Waals surface area contributed by atoms with Gasteiger partial charge in [-0.1, -0.05) is 275 Å². The number of unbranched alkanes of at least 4 members (excludes halogenated alkanes) is 19. The lowest BCUT2D eigenvalue weighted by molar-refractivity contribution is -0.302. The number of carbonyl (C=O) groups excluding carboxylic acids is 1. The van der Waals surface area contributed by atoms with Gasteiger partial charge in [-0.05, 0) is 103 Å². The molecule has 0 radical (unpaired) electrons. The summed E-state index contributed by atoms with van der Waals surface area (Å²) in [5.41, 5.74) is 0. The number of nitrogens with one attached hydrogen (secondary N) is 1. The van der Waals surface area contributed by atoms with Gasteiger partial charge in [0.15, 0.2) is 6.29 Å². The number of aliphatic hydroxyl groups excluding tert-OH is 5. The van der Waals surface area contributed by atoms with Gasteiger partial charge in [-0.2, -0.15) is 0 Å². The molecule has 7 atom stereocenters. The molecule has 1 aliphatic rings. The fraction of sp³-hybridized carbons (Fsp3) is 0.648. The molecule has 0 aromatic carbocycles. The minimum absolute atomic E-state index is 0.164. The number of ether oxygens (including phenoxy) is 2. The van der Waals surface area contributed by atoms with Gasteiger partial charge < -0.3 is 40.3 Å². The summed E-state index contributed by atoms with van der Waals surface area (Å²) in [7, 11) is 0. The van der Waals surface area contributed by atoms with Gasteiger partial charge in [-0.3, -0.25) is 4.79 Å². The zero-order valence-electron chi connectivity index (χ0n) is 50.5. The Morgan fingerprint density at radius 3 is 1.12 bits per heavy atom. The molecule has 1 aliphatic heterocycles. The maximum Gasteiger partial charge on any atom is 0.220 e. The van der Waals surface area contributed by atoms with Crippen LogP contribution in [0.4, 0.5) is 0 Å². The number of hydrogen-bond acceptors (Lipinski definition) is 8. The third-order valence-corrected chi connectivity index (χ3v) is 14.2. The molecule has 1 heterocycles. The predicted molar refractivity (Wildman–Crippen MR) is 340 cm³/mol. The molecule has 1 amide bonds. The number of carbonyl (C=O) groups is 1. The molecular weight excluding hydrogens is 995 g/mol. The van der Waals surface area contributed by atoms with E-state index in [1.165, 1.54) is 96.3 Å². The predicted octanol–water partition coefficient (Wildman–Crippen LogP) is 17.0. The fourth-order valence-corrected chi connectivity index (χ4v) is 9.20. The number of hydrogen-bond donors (Lipinski definition) is 6. The van der Waals surface area contributed by atoms with E-state index >= 15 is 0 Å². The van der Waals surface area contributed by atoms with Crippen LogP contribution in [0.15, 0.2) is 146 Å². The molecule has 454 valence electrons. The summed E-state index contributed by atoms with van der Waals surface area (Å²) in [6.45, 7) is 3.70. The smallest absolute Gasteiger partial charge is 0.220 e. The first-order valence-corrected chi connectivity index (χ1v) is 32.0. The maximum absolute atomic E-state index is 13.1. The second-order valence-corrected chi connectivity index (χ2v) is 21.5. The third kappa shape index (κ3) is 46.7. The quantitative estimate of drug-likeness (QED) is 0.0261.